The molecule has 1 unspecified atom stereocenters. The number of benzene rings is 1. The number of aliphatic hydroxyl groups excluding tert-OH is 1. The van der Waals surface area contributed by atoms with Gasteiger partial charge < -0.3 is 20.5 Å². The van der Waals surface area contributed by atoms with Crippen LogP contribution in [0.1, 0.15) is 13.3 Å². The number of rotatable bonds is 9. The fourth-order valence-electron chi connectivity index (χ4n) is 1.62. The molecule has 7 heteroatoms. The molecule has 0 aliphatic heterocycles. The molecular weight excluding hydrogens is 315 g/mol. The lowest BCUT2D eigenvalue weighted by molar-refractivity contribution is -0.120. The highest BCUT2D eigenvalue weighted by atomic mass is 35.5. The van der Waals surface area contributed by atoms with Crippen molar-refractivity contribution in [3.05, 3.63) is 28.2 Å². The summed E-state index contributed by atoms with van der Waals surface area (Å²) in [6, 6.07) is 5.05. The minimum atomic E-state index is -0.716. The van der Waals surface area contributed by atoms with Crippen LogP contribution in [0, 0.1) is 0 Å². The summed E-state index contributed by atoms with van der Waals surface area (Å²) in [5.74, 6) is 0.348. The van der Waals surface area contributed by atoms with E-state index in [2.05, 4.69) is 10.6 Å². The lowest BCUT2D eigenvalue weighted by Gasteiger charge is -2.14. The van der Waals surface area contributed by atoms with Crippen LogP contribution >= 0.6 is 23.2 Å². The van der Waals surface area contributed by atoms with Crippen LogP contribution in [0.3, 0.4) is 0 Å². The Labute approximate surface area is 134 Å². The van der Waals surface area contributed by atoms with Crippen LogP contribution in [-0.4, -0.2) is 43.4 Å². The van der Waals surface area contributed by atoms with Crippen molar-refractivity contribution in [1.29, 1.82) is 0 Å². The molecule has 5 nitrogen and oxygen atoms in total. The molecule has 0 saturated carbocycles. The Morgan fingerprint density at radius 1 is 1.38 bits per heavy atom. The smallest absolute Gasteiger partial charge is 0.221 e. The molecule has 1 aromatic carbocycles. The average Bonchev–Trinajstić information content (AvgIpc) is 2.43. The average molecular weight is 335 g/mol. The fourth-order valence-corrected chi connectivity index (χ4v) is 2.12. The number of nitrogens with one attached hydrogen (secondary N) is 2. The molecule has 0 aliphatic carbocycles. The van der Waals surface area contributed by atoms with E-state index in [1.54, 1.807) is 18.2 Å². The molecule has 1 rings (SSSR count). The zero-order valence-electron chi connectivity index (χ0n) is 11.9. The van der Waals surface area contributed by atoms with Crippen LogP contribution in [0.15, 0.2) is 18.2 Å². The quantitative estimate of drug-likeness (QED) is 0.603. The molecular formula is C14H20Cl2N2O3. The van der Waals surface area contributed by atoms with Crippen molar-refractivity contribution < 1.29 is 14.6 Å². The topological polar surface area (TPSA) is 70.6 Å². The molecule has 0 saturated heterocycles. The maximum Gasteiger partial charge on any atom is 0.221 e. The van der Waals surface area contributed by atoms with Gasteiger partial charge in [0.15, 0.2) is 5.75 Å². The molecule has 0 aromatic heterocycles. The number of amides is 1. The molecule has 1 amide bonds. The lowest BCUT2D eigenvalue weighted by atomic mass is 10.3. The van der Waals surface area contributed by atoms with Gasteiger partial charge in [-0.3, -0.25) is 4.79 Å². The van der Waals surface area contributed by atoms with E-state index in [4.69, 9.17) is 27.9 Å². The number of para-hydroxylation sites is 1. The Morgan fingerprint density at radius 3 is 2.67 bits per heavy atom. The van der Waals surface area contributed by atoms with Gasteiger partial charge >= 0.3 is 0 Å². The maximum absolute atomic E-state index is 11.2. The van der Waals surface area contributed by atoms with E-state index in [0.29, 0.717) is 41.8 Å². The summed E-state index contributed by atoms with van der Waals surface area (Å²) in [5, 5.41) is 16.3. The van der Waals surface area contributed by atoms with Crippen LogP contribution < -0.4 is 15.4 Å². The molecule has 1 atom stereocenters. The molecule has 0 radical (unpaired) electrons. The molecule has 0 heterocycles. The number of hydrogen-bond donors (Lipinski definition) is 3. The zero-order valence-corrected chi connectivity index (χ0v) is 13.4. The van der Waals surface area contributed by atoms with Crippen molar-refractivity contribution in [2.75, 3.05) is 26.2 Å². The first-order valence-corrected chi connectivity index (χ1v) is 7.52. The number of carbonyl (C=O) groups excluding carboxylic acids is 1. The van der Waals surface area contributed by atoms with Crippen molar-refractivity contribution in [3.8, 4) is 5.75 Å². The van der Waals surface area contributed by atoms with Crippen LogP contribution in [0.4, 0.5) is 0 Å². The Morgan fingerprint density at radius 2 is 2.05 bits per heavy atom. The van der Waals surface area contributed by atoms with Gasteiger partial charge in [-0.1, -0.05) is 29.3 Å². The maximum atomic E-state index is 11.2. The SMILES string of the molecule is CCNC(=O)CCNCC(O)COc1c(Cl)cccc1Cl. The van der Waals surface area contributed by atoms with Crippen LogP contribution in [0.5, 0.6) is 5.75 Å². The number of aliphatic hydroxyl groups is 1. The van der Waals surface area contributed by atoms with Gasteiger partial charge in [0.1, 0.15) is 12.7 Å². The standard InChI is InChI=1S/C14H20Cl2N2O3/c1-2-18-13(20)6-7-17-8-10(19)9-21-14-11(15)4-3-5-12(14)16/h3-5,10,17,19H,2,6-9H2,1H3,(H,18,20). The largest absolute Gasteiger partial charge is 0.488 e. The van der Waals surface area contributed by atoms with Gasteiger partial charge in [-0.25, -0.2) is 0 Å². The van der Waals surface area contributed by atoms with Crippen molar-refractivity contribution >= 4 is 29.1 Å². The fraction of sp³-hybridized carbons (Fsp3) is 0.500. The summed E-state index contributed by atoms with van der Waals surface area (Å²) >= 11 is 11.9. The second-order valence-corrected chi connectivity index (χ2v) is 5.24. The third kappa shape index (κ3) is 7.00. The molecule has 0 bridgehead atoms. The highest BCUT2D eigenvalue weighted by molar-refractivity contribution is 6.37. The Kier molecular flexibility index (Phi) is 8.45. The predicted octanol–water partition coefficient (Wildman–Crippen LogP) is 1.85. The normalized spacial score (nSPS) is 12.0. The molecule has 0 spiro atoms. The second-order valence-electron chi connectivity index (χ2n) is 4.42. The predicted molar refractivity (Wildman–Crippen MR) is 84.1 cm³/mol. The first kappa shape index (κ1) is 18.0. The highest BCUT2D eigenvalue weighted by Gasteiger charge is 2.10. The van der Waals surface area contributed by atoms with Crippen molar-refractivity contribution in [2.24, 2.45) is 0 Å². The monoisotopic (exact) mass is 334 g/mol. The van der Waals surface area contributed by atoms with Gasteiger partial charge in [-0.2, -0.15) is 0 Å². The molecule has 3 N–H and O–H groups in total. The molecule has 0 aliphatic rings. The van der Waals surface area contributed by atoms with Gasteiger partial charge in [-0.15, -0.1) is 0 Å². The van der Waals surface area contributed by atoms with Crippen LogP contribution in [0.2, 0.25) is 10.0 Å². The number of hydrogen-bond acceptors (Lipinski definition) is 4. The van der Waals surface area contributed by atoms with Gasteiger partial charge in [-0.05, 0) is 19.1 Å². The summed E-state index contributed by atoms with van der Waals surface area (Å²) in [7, 11) is 0. The molecule has 21 heavy (non-hydrogen) atoms. The van der Waals surface area contributed by atoms with Crippen molar-refractivity contribution in [3.63, 3.8) is 0 Å². The van der Waals surface area contributed by atoms with Crippen molar-refractivity contribution in [2.45, 2.75) is 19.4 Å². The Hall–Kier alpha value is -1.01. The minimum Gasteiger partial charge on any atom is -0.488 e. The van der Waals surface area contributed by atoms with Crippen molar-refractivity contribution in [1.82, 2.24) is 10.6 Å². The zero-order chi connectivity index (χ0) is 15.7. The summed E-state index contributed by atoms with van der Waals surface area (Å²) in [5.41, 5.74) is 0. The van der Waals surface area contributed by atoms with E-state index in [9.17, 15) is 9.90 Å². The van der Waals surface area contributed by atoms with Gasteiger partial charge in [0, 0.05) is 26.1 Å². The first-order chi connectivity index (χ1) is 10.0. The number of carbonyl (C=O) groups is 1. The number of ether oxygens (including phenoxy) is 1. The Balaban J connectivity index is 2.22. The van der Waals surface area contributed by atoms with E-state index in [-0.39, 0.29) is 12.5 Å². The van der Waals surface area contributed by atoms with Crippen LogP contribution in [-0.2, 0) is 4.79 Å². The third-order valence-electron chi connectivity index (χ3n) is 2.62. The highest BCUT2D eigenvalue weighted by Crippen LogP contribution is 2.32. The molecule has 0 fully saturated rings. The van der Waals surface area contributed by atoms with E-state index in [1.807, 2.05) is 6.92 Å². The van der Waals surface area contributed by atoms with E-state index in [0.717, 1.165) is 0 Å². The lowest BCUT2D eigenvalue weighted by Crippen LogP contribution is -2.34. The number of halogens is 2. The molecule has 1 aromatic rings. The summed E-state index contributed by atoms with van der Waals surface area (Å²) in [4.78, 5) is 11.2. The van der Waals surface area contributed by atoms with Gasteiger partial charge in [0.25, 0.3) is 0 Å². The molecule has 118 valence electrons. The summed E-state index contributed by atoms with van der Waals surface area (Å²) < 4.78 is 5.41. The van der Waals surface area contributed by atoms with E-state index >= 15 is 0 Å². The Bertz CT molecular complexity index is 438. The summed E-state index contributed by atoms with van der Waals surface area (Å²) in [6.07, 6.45) is -0.343. The van der Waals surface area contributed by atoms with Crippen LogP contribution in [0.25, 0.3) is 0 Å². The minimum absolute atomic E-state index is 0.0152. The summed E-state index contributed by atoms with van der Waals surface area (Å²) in [6.45, 7) is 3.37. The van der Waals surface area contributed by atoms with Gasteiger partial charge in [0.05, 0.1) is 10.0 Å². The van der Waals surface area contributed by atoms with Gasteiger partial charge in [0.2, 0.25) is 5.91 Å². The first-order valence-electron chi connectivity index (χ1n) is 6.76. The van der Waals surface area contributed by atoms with E-state index in [1.165, 1.54) is 0 Å². The van der Waals surface area contributed by atoms with E-state index < -0.39 is 6.10 Å². The third-order valence-corrected chi connectivity index (χ3v) is 3.22. The second kappa shape index (κ2) is 9.84.